The summed E-state index contributed by atoms with van der Waals surface area (Å²) < 4.78 is 0. The van der Waals surface area contributed by atoms with Gasteiger partial charge in [0, 0.05) is 18.0 Å². The number of nitrogens with zero attached hydrogens (tertiary/aromatic N) is 2. The number of amides is 1. The van der Waals surface area contributed by atoms with Gasteiger partial charge in [0.2, 0.25) is 0 Å². The normalized spacial score (nSPS) is 10.7. The predicted octanol–water partition coefficient (Wildman–Crippen LogP) is 2.47. The molecule has 7 heteroatoms. The minimum absolute atomic E-state index is 0.0418. The molecule has 2 N–H and O–H groups in total. The minimum atomic E-state index is -0.707. The highest BCUT2D eigenvalue weighted by Gasteiger charge is 2.17. The zero-order chi connectivity index (χ0) is 15.2. The number of para-hydroxylation sites is 2. The van der Waals surface area contributed by atoms with Crippen LogP contribution < -0.4 is 5.32 Å². The summed E-state index contributed by atoms with van der Waals surface area (Å²) in [5.41, 5.74) is 0.239. The zero-order valence-corrected chi connectivity index (χ0v) is 10.7. The molecule has 21 heavy (non-hydrogen) atoms. The van der Waals surface area contributed by atoms with E-state index in [1.807, 2.05) is 0 Å². The van der Waals surface area contributed by atoms with Gasteiger partial charge < -0.3 is 10.3 Å². The molecule has 1 aromatic carbocycles. The lowest BCUT2D eigenvalue weighted by molar-refractivity contribution is -0.383. The van der Waals surface area contributed by atoms with Crippen molar-refractivity contribution < 1.29 is 9.72 Å². The Morgan fingerprint density at radius 2 is 2.10 bits per heavy atom. The van der Waals surface area contributed by atoms with Gasteiger partial charge in [-0.25, -0.2) is 0 Å². The van der Waals surface area contributed by atoms with Crippen molar-refractivity contribution in [1.82, 2.24) is 4.98 Å². The smallest absolute Gasteiger partial charge is 0.292 e. The Morgan fingerprint density at radius 3 is 2.71 bits per heavy atom. The van der Waals surface area contributed by atoms with Gasteiger partial charge in [0.05, 0.1) is 4.92 Å². The van der Waals surface area contributed by atoms with E-state index < -0.39 is 10.8 Å². The Kier molecular flexibility index (Phi) is 4.11. The summed E-state index contributed by atoms with van der Waals surface area (Å²) >= 11 is 0. The molecule has 2 aromatic rings. The van der Waals surface area contributed by atoms with E-state index in [9.17, 15) is 14.9 Å². The van der Waals surface area contributed by atoms with E-state index in [1.54, 1.807) is 30.5 Å². The highest BCUT2D eigenvalue weighted by atomic mass is 16.6. The molecule has 0 aliphatic rings. The van der Waals surface area contributed by atoms with Crippen molar-refractivity contribution in [3.8, 4) is 6.07 Å². The fourth-order valence-electron chi connectivity index (χ4n) is 1.67. The molecule has 1 aromatic heterocycles. The van der Waals surface area contributed by atoms with Crippen LogP contribution in [0.15, 0.2) is 48.2 Å². The average Bonchev–Trinajstić information content (AvgIpc) is 2.98. The maximum absolute atomic E-state index is 12.0. The quantitative estimate of drug-likeness (QED) is 0.388. The predicted molar refractivity (Wildman–Crippen MR) is 76.1 cm³/mol. The molecule has 0 unspecified atom stereocenters. The Labute approximate surface area is 119 Å². The van der Waals surface area contributed by atoms with Gasteiger partial charge in [-0.2, -0.15) is 5.26 Å². The van der Waals surface area contributed by atoms with E-state index in [0.29, 0.717) is 5.69 Å². The first-order valence-electron chi connectivity index (χ1n) is 5.92. The second-order valence-corrected chi connectivity index (χ2v) is 4.02. The Morgan fingerprint density at radius 1 is 1.33 bits per heavy atom. The minimum Gasteiger partial charge on any atom is -0.362 e. The van der Waals surface area contributed by atoms with E-state index in [1.165, 1.54) is 24.3 Å². The van der Waals surface area contributed by atoms with Crippen molar-refractivity contribution in [1.29, 1.82) is 5.26 Å². The first kappa shape index (κ1) is 14.0. The summed E-state index contributed by atoms with van der Waals surface area (Å²) in [4.78, 5) is 25.1. The molecule has 1 heterocycles. The lowest BCUT2D eigenvalue weighted by Gasteiger charge is -2.04. The van der Waals surface area contributed by atoms with Crippen LogP contribution in [0.2, 0.25) is 0 Å². The van der Waals surface area contributed by atoms with Crippen LogP contribution in [-0.2, 0) is 4.79 Å². The fourth-order valence-corrected chi connectivity index (χ4v) is 1.67. The molecule has 0 saturated heterocycles. The standard InChI is InChI=1S/C14H10N4O3/c15-9-10(8-11-4-3-7-16-11)14(19)17-12-5-1-2-6-13(12)18(20)21/h1-8,16H,(H,17,19). The SMILES string of the molecule is N#CC(=Cc1ccc[nH]1)C(=O)Nc1ccccc1[N+](=O)[O-]. The molecule has 2 rings (SSSR count). The van der Waals surface area contributed by atoms with Crippen LogP contribution in [0.1, 0.15) is 5.69 Å². The summed E-state index contributed by atoms with van der Waals surface area (Å²) in [5.74, 6) is -0.707. The van der Waals surface area contributed by atoms with Gasteiger partial charge in [0.15, 0.2) is 0 Å². The molecule has 0 radical (unpaired) electrons. The lowest BCUT2D eigenvalue weighted by Crippen LogP contribution is -2.14. The van der Waals surface area contributed by atoms with Gasteiger partial charge in [-0.05, 0) is 24.3 Å². The first-order valence-corrected chi connectivity index (χ1v) is 5.92. The van der Waals surface area contributed by atoms with E-state index in [-0.39, 0.29) is 16.9 Å². The number of hydrogen-bond acceptors (Lipinski definition) is 4. The first-order chi connectivity index (χ1) is 10.1. The van der Waals surface area contributed by atoms with Crippen molar-refractivity contribution in [2.45, 2.75) is 0 Å². The van der Waals surface area contributed by atoms with Crippen LogP contribution in [0.3, 0.4) is 0 Å². The monoisotopic (exact) mass is 282 g/mol. The summed E-state index contributed by atoms with van der Waals surface area (Å²) in [6.07, 6.45) is 3.02. The van der Waals surface area contributed by atoms with Crippen LogP contribution in [-0.4, -0.2) is 15.8 Å². The third kappa shape index (κ3) is 3.33. The number of benzene rings is 1. The number of H-pyrrole nitrogens is 1. The second kappa shape index (κ2) is 6.16. The maximum atomic E-state index is 12.0. The molecule has 104 valence electrons. The third-order valence-electron chi connectivity index (χ3n) is 2.64. The summed E-state index contributed by atoms with van der Waals surface area (Å²) in [7, 11) is 0. The number of nitro benzene ring substituents is 1. The van der Waals surface area contributed by atoms with Crippen molar-refractivity contribution in [2.24, 2.45) is 0 Å². The Bertz CT molecular complexity index is 742. The van der Waals surface area contributed by atoms with Crippen molar-refractivity contribution in [3.63, 3.8) is 0 Å². The number of aromatic nitrogens is 1. The van der Waals surface area contributed by atoms with Crippen LogP contribution >= 0.6 is 0 Å². The number of carbonyl (C=O) groups excluding carboxylic acids is 1. The molecular formula is C14H10N4O3. The van der Waals surface area contributed by atoms with Crippen molar-refractivity contribution in [3.05, 3.63) is 64.0 Å². The second-order valence-electron chi connectivity index (χ2n) is 4.02. The molecule has 0 saturated carbocycles. The summed E-state index contributed by atoms with van der Waals surface area (Å²) in [6, 6.07) is 10.9. The average molecular weight is 282 g/mol. The van der Waals surface area contributed by atoms with Gasteiger partial charge in [-0.3, -0.25) is 14.9 Å². The van der Waals surface area contributed by atoms with E-state index in [2.05, 4.69) is 10.3 Å². The summed E-state index contributed by atoms with van der Waals surface area (Å²) in [6.45, 7) is 0. The number of aromatic amines is 1. The lowest BCUT2D eigenvalue weighted by atomic mass is 10.2. The van der Waals surface area contributed by atoms with Crippen LogP contribution in [0.5, 0.6) is 0 Å². The van der Waals surface area contributed by atoms with E-state index in [4.69, 9.17) is 5.26 Å². The van der Waals surface area contributed by atoms with E-state index >= 15 is 0 Å². The maximum Gasteiger partial charge on any atom is 0.292 e. The molecule has 0 spiro atoms. The summed E-state index contributed by atoms with van der Waals surface area (Å²) in [5, 5.41) is 22.3. The molecule has 7 nitrogen and oxygen atoms in total. The van der Waals surface area contributed by atoms with Gasteiger partial charge >= 0.3 is 0 Å². The van der Waals surface area contributed by atoms with Crippen LogP contribution in [0.25, 0.3) is 6.08 Å². The highest BCUT2D eigenvalue weighted by molar-refractivity contribution is 6.10. The highest BCUT2D eigenvalue weighted by Crippen LogP contribution is 2.23. The van der Waals surface area contributed by atoms with Gasteiger partial charge in [0.25, 0.3) is 11.6 Å². The molecule has 0 fully saturated rings. The number of carbonyl (C=O) groups is 1. The van der Waals surface area contributed by atoms with Gasteiger partial charge in [0.1, 0.15) is 17.3 Å². The number of nitrogens with one attached hydrogen (secondary N) is 2. The number of nitro groups is 1. The molecule has 0 aliphatic carbocycles. The number of nitriles is 1. The van der Waals surface area contributed by atoms with Crippen molar-refractivity contribution >= 4 is 23.4 Å². The van der Waals surface area contributed by atoms with Crippen LogP contribution in [0.4, 0.5) is 11.4 Å². The van der Waals surface area contributed by atoms with Crippen molar-refractivity contribution in [2.75, 3.05) is 5.32 Å². The number of rotatable bonds is 4. The number of hydrogen-bond donors (Lipinski definition) is 2. The molecule has 0 bridgehead atoms. The van der Waals surface area contributed by atoms with Gasteiger partial charge in [-0.15, -0.1) is 0 Å². The largest absolute Gasteiger partial charge is 0.362 e. The molecular weight excluding hydrogens is 272 g/mol. The molecule has 0 atom stereocenters. The van der Waals surface area contributed by atoms with Gasteiger partial charge in [-0.1, -0.05) is 12.1 Å². The fraction of sp³-hybridized carbons (Fsp3) is 0. The number of anilines is 1. The molecule has 1 amide bonds. The Balaban J connectivity index is 2.25. The Hall–Kier alpha value is -3.40. The molecule has 0 aliphatic heterocycles. The van der Waals surface area contributed by atoms with Crippen LogP contribution in [0, 0.1) is 21.4 Å². The topological polar surface area (TPSA) is 112 Å². The van der Waals surface area contributed by atoms with E-state index in [0.717, 1.165) is 0 Å². The zero-order valence-electron chi connectivity index (χ0n) is 10.7. The third-order valence-corrected chi connectivity index (χ3v) is 2.64.